The van der Waals surface area contributed by atoms with Crippen LogP contribution >= 0.6 is 0 Å². The maximum atomic E-state index is 12.2. The molecule has 2 rings (SSSR count). The Morgan fingerprint density at radius 3 is 2.71 bits per heavy atom. The summed E-state index contributed by atoms with van der Waals surface area (Å²) in [4.78, 5) is 25.0. The molecular weight excluding hydrogens is 268 g/mol. The smallest absolute Gasteiger partial charge is 0.326 e. The summed E-state index contributed by atoms with van der Waals surface area (Å²) in [6, 6.07) is 9.06. The zero-order chi connectivity index (χ0) is 15.2. The lowest BCUT2D eigenvalue weighted by molar-refractivity contribution is -0.139. The van der Waals surface area contributed by atoms with Crippen molar-refractivity contribution in [2.45, 2.75) is 38.1 Å². The van der Waals surface area contributed by atoms with Gasteiger partial charge in [-0.25, -0.2) is 9.59 Å². The predicted octanol–water partition coefficient (Wildman–Crippen LogP) is 2.44. The van der Waals surface area contributed by atoms with Gasteiger partial charge in [0.1, 0.15) is 6.04 Å². The van der Waals surface area contributed by atoms with Crippen LogP contribution in [0.5, 0.6) is 0 Å². The van der Waals surface area contributed by atoms with E-state index < -0.39 is 12.0 Å². The highest BCUT2D eigenvalue weighted by molar-refractivity contribution is 5.82. The first kappa shape index (κ1) is 15.4. The number of likely N-dealkylation sites (tertiary alicyclic amines) is 1. The van der Waals surface area contributed by atoms with E-state index in [2.05, 4.69) is 17.4 Å². The van der Waals surface area contributed by atoms with Gasteiger partial charge in [-0.1, -0.05) is 43.7 Å². The summed E-state index contributed by atoms with van der Waals surface area (Å²) in [6.07, 6.45) is 2.10. The Hall–Kier alpha value is -2.04. The molecule has 2 amide bonds. The Bertz CT molecular complexity index is 490. The van der Waals surface area contributed by atoms with Crippen molar-refractivity contribution in [2.75, 3.05) is 13.1 Å². The van der Waals surface area contributed by atoms with Crippen molar-refractivity contribution in [1.29, 1.82) is 0 Å². The number of nitrogens with zero attached hydrogens (tertiary/aromatic N) is 1. The number of hydrogen-bond donors (Lipinski definition) is 2. The average molecular weight is 290 g/mol. The molecule has 1 aromatic rings. The normalized spacial score (nSPS) is 19.3. The summed E-state index contributed by atoms with van der Waals surface area (Å²) in [5.41, 5.74) is 1.23. The highest BCUT2D eigenvalue weighted by Gasteiger charge is 2.29. The zero-order valence-electron chi connectivity index (χ0n) is 12.3. The van der Waals surface area contributed by atoms with Gasteiger partial charge in [0.2, 0.25) is 0 Å². The number of carboxylic acids is 1. The van der Waals surface area contributed by atoms with Gasteiger partial charge in [0.05, 0.1) is 0 Å². The number of aliphatic carboxylic acids is 1. The molecule has 1 saturated heterocycles. The Balaban J connectivity index is 1.91. The van der Waals surface area contributed by atoms with Crippen LogP contribution in [0.15, 0.2) is 30.3 Å². The largest absolute Gasteiger partial charge is 0.480 e. The standard InChI is InChI=1S/C16H22N2O3/c1-2-6-14(15(19)20)17-16(21)18-10-9-13(11-18)12-7-4-3-5-8-12/h3-5,7-8,13-14H,2,6,9-11H2,1H3,(H,17,21)(H,19,20)/t13?,14-/m1/s1. The van der Waals surface area contributed by atoms with E-state index in [0.29, 0.717) is 25.4 Å². The van der Waals surface area contributed by atoms with Crippen LogP contribution < -0.4 is 5.32 Å². The zero-order valence-corrected chi connectivity index (χ0v) is 12.3. The van der Waals surface area contributed by atoms with Crippen molar-refractivity contribution >= 4 is 12.0 Å². The molecule has 5 nitrogen and oxygen atoms in total. The highest BCUT2D eigenvalue weighted by atomic mass is 16.4. The molecule has 114 valence electrons. The van der Waals surface area contributed by atoms with Gasteiger partial charge in [0.15, 0.2) is 0 Å². The van der Waals surface area contributed by atoms with Crippen molar-refractivity contribution in [2.24, 2.45) is 0 Å². The van der Waals surface area contributed by atoms with Crippen molar-refractivity contribution in [3.8, 4) is 0 Å². The van der Waals surface area contributed by atoms with Gasteiger partial charge in [-0.3, -0.25) is 0 Å². The van der Waals surface area contributed by atoms with Crippen molar-refractivity contribution in [3.05, 3.63) is 35.9 Å². The summed E-state index contributed by atoms with van der Waals surface area (Å²) in [7, 11) is 0. The molecule has 1 unspecified atom stereocenters. The summed E-state index contributed by atoms with van der Waals surface area (Å²) >= 11 is 0. The van der Waals surface area contributed by atoms with Crippen LogP contribution in [0.1, 0.15) is 37.7 Å². The first-order valence-corrected chi connectivity index (χ1v) is 7.45. The van der Waals surface area contributed by atoms with Crippen LogP contribution in [0.25, 0.3) is 0 Å². The lowest BCUT2D eigenvalue weighted by Gasteiger charge is -2.21. The Morgan fingerprint density at radius 1 is 1.38 bits per heavy atom. The fourth-order valence-electron chi connectivity index (χ4n) is 2.73. The Morgan fingerprint density at radius 2 is 2.10 bits per heavy atom. The molecule has 0 saturated carbocycles. The number of carboxylic acid groups (broad SMARTS) is 1. The first-order valence-electron chi connectivity index (χ1n) is 7.45. The fraction of sp³-hybridized carbons (Fsp3) is 0.500. The van der Waals surface area contributed by atoms with E-state index in [0.717, 1.165) is 12.8 Å². The van der Waals surface area contributed by atoms with Gasteiger partial charge >= 0.3 is 12.0 Å². The number of carbonyl (C=O) groups is 2. The molecule has 0 spiro atoms. The number of nitrogens with one attached hydrogen (secondary N) is 1. The molecule has 0 bridgehead atoms. The third-order valence-corrected chi connectivity index (χ3v) is 3.92. The van der Waals surface area contributed by atoms with E-state index in [-0.39, 0.29) is 6.03 Å². The lowest BCUT2D eigenvalue weighted by Crippen LogP contribution is -2.47. The molecule has 1 aromatic carbocycles. The minimum Gasteiger partial charge on any atom is -0.480 e. The number of amides is 2. The van der Waals surface area contributed by atoms with E-state index in [9.17, 15) is 9.59 Å². The van der Waals surface area contributed by atoms with E-state index in [1.54, 1.807) is 4.90 Å². The molecule has 1 aliphatic heterocycles. The third-order valence-electron chi connectivity index (χ3n) is 3.92. The van der Waals surface area contributed by atoms with Gasteiger partial charge < -0.3 is 15.3 Å². The molecule has 2 atom stereocenters. The summed E-state index contributed by atoms with van der Waals surface area (Å²) in [5, 5.41) is 11.7. The van der Waals surface area contributed by atoms with E-state index >= 15 is 0 Å². The predicted molar refractivity (Wildman–Crippen MR) is 80.2 cm³/mol. The maximum absolute atomic E-state index is 12.2. The molecule has 21 heavy (non-hydrogen) atoms. The molecular formula is C16H22N2O3. The van der Waals surface area contributed by atoms with Crippen LogP contribution in [0.2, 0.25) is 0 Å². The second-order valence-electron chi connectivity index (χ2n) is 5.47. The SMILES string of the molecule is CCC[C@@H](NC(=O)N1CCC(c2ccccc2)C1)C(=O)O. The maximum Gasteiger partial charge on any atom is 0.326 e. The number of carbonyl (C=O) groups excluding carboxylic acids is 1. The van der Waals surface area contributed by atoms with Gasteiger partial charge in [0.25, 0.3) is 0 Å². The molecule has 0 aliphatic carbocycles. The van der Waals surface area contributed by atoms with Gasteiger partial charge in [-0.05, 0) is 18.4 Å². The van der Waals surface area contributed by atoms with Crippen LogP contribution in [-0.4, -0.2) is 41.1 Å². The minimum absolute atomic E-state index is 0.269. The molecule has 1 heterocycles. The summed E-state index contributed by atoms with van der Waals surface area (Å²) < 4.78 is 0. The molecule has 1 fully saturated rings. The summed E-state index contributed by atoms with van der Waals surface area (Å²) in [6.45, 7) is 3.22. The van der Waals surface area contributed by atoms with Crippen LogP contribution in [0.3, 0.4) is 0 Å². The molecule has 1 aliphatic rings. The topological polar surface area (TPSA) is 69.6 Å². The van der Waals surface area contributed by atoms with Crippen molar-refractivity contribution in [1.82, 2.24) is 10.2 Å². The van der Waals surface area contributed by atoms with E-state index in [4.69, 9.17) is 5.11 Å². The van der Waals surface area contributed by atoms with Crippen LogP contribution in [-0.2, 0) is 4.79 Å². The number of hydrogen-bond acceptors (Lipinski definition) is 2. The summed E-state index contributed by atoms with van der Waals surface area (Å²) in [5.74, 6) is -0.629. The molecule has 0 aromatic heterocycles. The quantitative estimate of drug-likeness (QED) is 0.875. The van der Waals surface area contributed by atoms with E-state index in [1.807, 2.05) is 25.1 Å². The second kappa shape index (κ2) is 7.11. The number of urea groups is 1. The van der Waals surface area contributed by atoms with Crippen molar-refractivity contribution in [3.63, 3.8) is 0 Å². The molecule has 5 heteroatoms. The second-order valence-corrected chi connectivity index (χ2v) is 5.47. The minimum atomic E-state index is -0.969. The first-order chi connectivity index (χ1) is 10.1. The fourth-order valence-corrected chi connectivity index (χ4v) is 2.73. The highest BCUT2D eigenvalue weighted by Crippen LogP contribution is 2.26. The van der Waals surface area contributed by atoms with Gasteiger partial charge in [-0.2, -0.15) is 0 Å². The molecule has 2 N–H and O–H groups in total. The van der Waals surface area contributed by atoms with Gasteiger partial charge in [0, 0.05) is 19.0 Å². The average Bonchev–Trinajstić information content (AvgIpc) is 2.97. The molecule has 0 radical (unpaired) electrons. The Kier molecular flexibility index (Phi) is 5.20. The third kappa shape index (κ3) is 3.97. The van der Waals surface area contributed by atoms with E-state index in [1.165, 1.54) is 5.56 Å². The van der Waals surface area contributed by atoms with Crippen molar-refractivity contribution < 1.29 is 14.7 Å². The monoisotopic (exact) mass is 290 g/mol. The number of rotatable bonds is 5. The van der Waals surface area contributed by atoms with Crippen LogP contribution in [0.4, 0.5) is 4.79 Å². The van der Waals surface area contributed by atoms with Crippen LogP contribution in [0, 0.1) is 0 Å². The number of benzene rings is 1. The lowest BCUT2D eigenvalue weighted by atomic mass is 9.99. The Labute approximate surface area is 125 Å². The van der Waals surface area contributed by atoms with Gasteiger partial charge in [-0.15, -0.1) is 0 Å².